The molecule has 0 atom stereocenters. The van der Waals surface area contributed by atoms with Crippen LogP contribution >= 0.6 is 11.3 Å². The van der Waals surface area contributed by atoms with Crippen LogP contribution in [0.2, 0.25) is 0 Å². The lowest BCUT2D eigenvalue weighted by Crippen LogP contribution is -2.46. The summed E-state index contributed by atoms with van der Waals surface area (Å²) in [4.78, 5) is 14.0. The molecule has 2 aromatic heterocycles. The van der Waals surface area contributed by atoms with Crippen molar-refractivity contribution in [1.29, 1.82) is 0 Å². The van der Waals surface area contributed by atoms with Gasteiger partial charge in [0.2, 0.25) is 0 Å². The first-order valence-electron chi connectivity index (χ1n) is 9.91. The molecule has 7 heteroatoms. The molecule has 0 radical (unpaired) electrons. The van der Waals surface area contributed by atoms with E-state index in [1.165, 1.54) is 17.7 Å². The SMILES string of the molecule is Oc1ccccc1-c1nc(N2CCN(Cc3ccsc3)CC2)c2cc(F)ccc2n1. The van der Waals surface area contributed by atoms with Crippen molar-refractivity contribution in [2.75, 3.05) is 31.1 Å². The second kappa shape index (κ2) is 8.01. The summed E-state index contributed by atoms with van der Waals surface area (Å²) >= 11 is 1.72. The van der Waals surface area contributed by atoms with Crippen LogP contribution in [-0.4, -0.2) is 46.2 Å². The smallest absolute Gasteiger partial charge is 0.165 e. The number of para-hydroxylation sites is 1. The summed E-state index contributed by atoms with van der Waals surface area (Å²) in [5, 5.41) is 15.3. The molecule has 1 fully saturated rings. The van der Waals surface area contributed by atoms with Gasteiger partial charge in [0.15, 0.2) is 5.82 Å². The first kappa shape index (κ1) is 19.0. The number of aromatic nitrogens is 2. The van der Waals surface area contributed by atoms with Crippen LogP contribution in [0, 0.1) is 5.82 Å². The molecule has 30 heavy (non-hydrogen) atoms. The maximum Gasteiger partial charge on any atom is 0.165 e. The molecule has 0 aliphatic carbocycles. The topological polar surface area (TPSA) is 52.5 Å². The molecular weight excluding hydrogens is 399 g/mol. The highest BCUT2D eigenvalue weighted by Crippen LogP contribution is 2.32. The van der Waals surface area contributed by atoms with E-state index in [1.807, 2.05) is 6.07 Å². The van der Waals surface area contributed by atoms with Crippen molar-refractivity contribution in [2.24, 2.45) is 0 Å². The highest BCUT2D eigenvalue weighted by atomic mass is 32.1. The highest BCUT2D eigenvalue weighted by Gasteiger charge is 2.22. The Morgan fingerprint density at radius 2 is 1.83 bits per heavy atom. The molecule has 1 N–H and O–H groups in total. The first-order chi connectivity index (χ1) is 14.7. The molecule has 0 saturated carbocycles. The van der Waals surface area contributed by atoms with Crippen LogP contribution in [0.15, 0.2) is 59.3 Å². The summed E-state index contributed by atoms with van der Waals surface area (Å²) in [5.41, 5.74) is 2.58. The van der Waals surface area contributed by atoms with Gasteiger partial charge in [-0.25, -0.2) is 14.4 Å². The maximum atomic E-state index is 14.0. The molecule has 2 aromatic carbocycles. The Kier molecular flexibility index (Phi) is 5.06. The Hall–Kier alpha value is -3.03. The average molecular weight is 421 g/mol. The number of phenolic OH excluding ortho intramolecular Hbond substituents is 1. The van der Waals surface area contributed by atoms with Crippen molar-refractivity contribution < 1.29 is 9.50 Å². The number of hydrogen-bond donors (Lipinski definition) is 1. The van der Waals surface area contributed by atoms with Gasteiger partial charge in [-0.05, 0) is 52.7 Å². The van der Waals surface area contributed by atoms with Crippen molar-refractivity contribution in [3.8, 4) is 17.1 Å². The van der Waals surface area contributed by atoms with E-state index in [4.69, 9.17) is 4.98 Å². The molecular formula is C23H21FN4OS. The highest BCUT2D eigenvalue weighted by molar-refractivity contribution is 7.07. The molecule has 1 aliphatic rings. The minimum absolute atomic E-state index is 0.130. The largest absolute Gasteiger partial charge is 0.507 e. The molecule has 1 saturated heterocycles. The predicted octanol–water partition coefficient (Wildman–Crippen LogP) is 4.53. The number of anilines is 1. The second-order valence-electron chi connectivity index (χ2n) is 7.44. The van der Waals surface area contributed by atoms with Crippen LogP contribution in [0.4, 0.5) is 10.2 Å². The van der Waals surface area contributed by atoms with Crippen LogP contribution in [0.1, 0.15) is 5.56 Å². The van der Waals surface area contributed by atoms with Crippen LogP contribution in [0.25, 0.3) is 22.3 Å². The molecule has 0 unspecified atom stereocenters. The molecule has 3 heterocycles. The van der Waals surface area contributed by atoms with E-state index in [1.54, 1.807) is 35.6 Å². The molecule has 5 rings (SSSR count). The zero-order valence-corrected chi connectivity index (χ0v) is 17.1. The van der Waals surface area contributed by atoms with Crippen LogP contribution in [0.5, 0.6) is 5.75 Å². The van der Waals surface area contributed by atoms with E-state index in [-0.39, 0.29) is 11.6 Å². The molecule has 0 bridgehead atoms. The van der Waals surface area contributed by atoms with E-state index in [2.05, 4.69) is 31.6 Å². The van der Waals surface area contributed by atoms with E-state index < -0.39 is 0 Å². The summed E-state index contributed by atoms with van der Waals surface area (Å²) in [6.45, 7) is 4.35. The van der Waals surface area contributed by atoms with Crippen molar-refractivity contribution in [3.63, 3.8) is 0 Å². The lowest BCUT2D eigenvalue weighted by molar-refractivity contribution is 0.250. The minimum Gasteiger partial charge on any atom is -0.507 e. The molecule has 1 aliphatic heterocycles. The predicted molar refractivity (Wildman–Crippen MR) is 118 cm³/mol. The zero-order chi connectivity index (χ0) is 20.5. The van der Waals surface area contributed by atoms with E-state index in [0.29, 0.717) is 28.1 Å². The van der Waals surface area contributed by atoms with Crippen LogP contribution < -0.4 is 4.90 Å². The summed E-state index contributed by atoms with van der Waals surface area (Å²) < 4.78 is 14.0. The molecule has 152 valence electrons. The molecule has 5 nitrogen and oxygen atoms in total. The Morgan fingerprint density at radius 1 is 1.00 bits per heavy atom. The number of halogens is 1. The number of piperazine rings is 1. The van der Waals surface area contributed by atoms with Gasteiger partial charge in [0.25, 0.3) is 0 Å². The van der Waals surface area contributed by atoms with Gasteiger partial charge < -0.3 is 10.0 Å². The van der Waals surface area contributed by atoms with E-state index in [9.17, 15) is 9.50 Å². The van der Waals surface area contributed by atoms with E-state index in [0.717, 1.165) is 32.7 Å². The van der Waals surface area contributed by atoms with Gasteiger partial charge in [0.05, 0.1) is 11.1 Å². The van der Waals surface area contributed by atoms with Gasteiger partial charge in [-0.15, -0.1) is 0 Å². The van der Waals surface area contributed by atoms with Crippen molar-refractivity contribution in [2.45, 2.75) is 6.54 Å². The standard InChI is InChI=1S/C23H21FN4OS/c24-17-5-6-20-19(13-17)23(26-22(25-20)18-3-1-2-4-21(18)29)28-10-8-27(9-11-28)14-16-7-12-30-15-16/h1-7,12-13,15,29H,8-11,14H2. The number of nitrogens with zero attached hydrogens (tertiary/aromatic N) is 4. The second-order valence-corrected chi connectivity index (χ2v) is 8.22. The average Bonchev–Trinajstić information content (AvgIpc) is 3.27. The quantitative estimate of drug-likeness (QED) is 0.526. The monoisotopic (exact) mass is 420 g/mol. The minimum atomic E-state index is -0.307. The number of rotatable bonds is 4. The zero-order valence-electron chi connectivity index (χ0n) is 16.3. The van der Waals surface area contributed by atoms with Gasteiger partial charge >= 0.3 is 0 Å². The van der Waals surface area contributed by atoms with E-state index >= 15 is 0 Å². The fourth-order valence-electron chi connectivity index (χ4n) is 3.87. The number of phenols is 1. The summed E-state index contributed by atoms with van der Waals surface area (Å²) in [5.74, 6) is 0.986. The Labute approximate surface area is 178 Å². The first-order valence-corrected chi connectivity index (χ1v) is 10.9. The summed E-state index contributed by atoms with van der Waals surface area (Å²) in [6, 6.07) is 13.8. The van der Waals surface area contributed by atoms with Gasteiger partial charge in [0, 0.05) is 38.1 Å². The fraction of sp³-hybridized carbons (Fsp3) is 0.217. The number of aromatic hydroxyl groups is 1. The van der Waals surface area contributed by atoms with Gasteiger partial charge in [0.1, 0.15) is 17.4 Å². The number of thiophene rings is 1. The normalized spacial score (nSPS) is 15.0. The van der Waals surface area contributed by atoms with Crippen molar-refractivity contribution in [3.05, 3.63) is 70.7 Å². The lowest BCUT2D eigenvalue weighted by Gasteiger charge is -2.35. The molecule has 4 aromatic rings. The van der Waals surface area contributed by atoms with Crippen LogP contribution in [-0.2, 0) is 6.54 Å². The van der Waals surface area contributed by atoms with Gasteiger partial charge in [-0.2, -0.15) is 11.3 Å². The van der Waals surface area contributed by atoms with Gasteiger partial charge in [-0.3, -0.25) is 4.90 Å². The summed E-state index contributed by atoms with van der Waals surface area (Å²) in [6.07, 6.45) is 0. The van der Waals surface area contributed by atoms with Crippen molar-refractivity contribution >= 4 is 28.1 Å². The maximum absolute atomic E-state index is 14.0. The molecule has 0 amide bonds. The fourth-order valence-corrected chi connectivity index (χ4v) is 4.53. The van der Waals surface area contributed by atoms with Gasteiger partial charge in [-0.1, -0.05) is 12.1 Å². The van der Waals surface area contributed by atoms with Crippen molar-refractivity contribution in [1.82, 2.24) is 14.9 Å². The lowest BCUT2D eigenvalue weighted by atomic mass is 10.1. The number of benzene rings is 2. The third kappa shape index (κ3) is 3.74. The Morgan fingerprint density at radius 3 is 2.60 bits per heavy atom. The third-order valence-electron chi connectivity index (χ3n) is 5.44. The molecule has 0 spiro atoms. The summed E-state index contributed by atoms with van der Waals surface area (Å²) in [7, 11) is 0. The third-order valence-corrected chi connectivity index (χ3v) is 6.17. The number of hydrogen-bond acceptors (Lipinski definition) is 6. The Balaban J connectivity index is 1.48. The van der Waals surface area contributed by atoms with Crippen LogP contribution in [0.3, 0.4) is 0 Å². The number of fused-ring (bicyclic) bond motifs is 1. The Bertz CT molecular complexity index is 1170.